The zero-order valence-electron chi connectivity index (χ0n) is 9.20. The van der Waals surface area contributed by atoms with Gasteiger partial charge in [0, 0.05) is 6.42 Å². The summed E-state index contributed by atoms with van der Waals surface area (Å²) in [5.74, 6) is 0. The quantitative estimate of drug-likeness (QED) is 0.327. The van der Waals surface area contributed by atoms with E-state index in [0.717, 1.165) is 0 Å². The van der Waals surface area contributed by atoms with Crippen LogP contribution in [0.25, 0.3) is 0 Å². The molecule has 13 heteroatoms. The summed E-state index contributed by atoms with van der Waals surface area (Å²) in [6.07, 6.45) is -5.81. The number of hydrogen-bond donors (Lipinski definition) is 0. The molecular weight excluding hydrogens is 270 g/mol. The van der Waals surface area contributed by atoms with Crippen LogP contribution in [0.5, 0.6) is 0 Å². The van der Waals surface area contributed by atoms with Gasteiger partial charge in [-0.15, -0.1) is 0 Å². The third-order valence-corrected chi connectivity index (χ3v) is 2.31. The average molecular weight is 277 g/mol. The van der Waals surface area contributed by atoms with Crippen LogP contribution in [0.1, 0.15) is 19.3 Å². The number of nitriles is 1. The molecule has 0 bridgehead atoms. The Morgan fingerprint density at radius 2 is 1.42 bits per heavy atom. The van der Waals surface area contributed by atoms with Gasteiger partial charge in [0.2, 0.25) is 6.42 Å². The molecule has 0 atom stereocenters. The van der Waals surface area contributed by atoms with Crippen LogP contribution in [0, 0.1) is 51.8 Å². The molecule has 104 valence electrons. The SMILES string of the molecule is N#CCCC(CC([N+](=O)[O-])[N+](=O)[O-])([N+](=O)[O-])[N+](=O)[O-]. The van der Waals surface area contributed by atoms with Gasteiger partial charge in [0.05, 0.1) is 25.8 Å². The van der Waals surface area contributed by atoms with Gasteiger partial charge in [-0.05, 0) is 0 Å². The fourth-order valence-corrected chi connectivity index (χ4v) is 1.27. The molecule has 13 nitrogen and oxygen atoms in total. The van der Waals surface area contributed by atoms with Crippen LogP contribution >= 0.6 is 0 Å². The highest BCUT2D eigenvalue weighted by molar-refractivity contribution is 4.77. The van der Waals surface area contributed by atoms with E-state index in [1.165, 1.54) is 6.07 Å². The van der Waals surface area contributed by atoms with Crippen molar-refractivity contribution in [1.82, 2.24) is 0 Å². The Morgan fingerprint density at radius 3 is 1.68 bits per heavy atom. The summed E-state index contributed by atoms with van der Waals surface area (Å²) in [4.78, 5) is 36.5. The first kappa shape index (κ1) is 16.1. The predicted molar refractivity (Wildman–Crippen MR) is 54.0 cm³/mol. The second-order valence-electron chi connectivity index (χ2n) is 3.41. The second kappa shape index (κ2) is 6.14. The van der Waals surface area contributed by atoms with E-state index in [1.807, 2.05) is 0 Å². The molecule has 0 aliphatic rings. The molecule has 0 saturated heterocycles. The molecule has 0 N–H and O–H groups in total. The van der Waals surface area contributed by atoms with Crippen LogP contribution in [0.2, 0.25) is 0 Å². The van der Waals surface area contributed by atoms with Crippen LogP contribution in [-0.2, 0) is 0 Å². The molecule has 0 aromatic heterocycles. The summed E-state index contributed by atoms with van der Waals surface area (Å²) in [6, 6.07) is 1.42. The molecule has 0 aromatic rings. The van der Waals surface area contributed by atoms with E-state index in [4.69, 9.17) is 5.26 Å². The predicted octanol–water partition coefficient (Wildman–Crippen LogP) is -0.191. The van der Waals surface area contributed by atoms with Gasteiger partial charge in [0.25, 0.3) is 0 Å². The topological polar surface area (TPSA) is 196 Å². The molecule has 0 aliphatic heterocycles. The first-order chi connectivity index (χ1) is 8.69. The molecule has 0 aliphatic carbocycles. The largest absolute Gasteiger partial charge is 0.473 e. The minimum atomic E-state index is -3.12. The molecule has 19 heavy (non-hydrogen) atoms. The van der Waals surface area contributed by atoms with Gasteiger partial charge in [0.15, 0.2) is 0 Å². The first-order valence-electron chi connectivity index (χ1n) is 4.62. The zero-order valence-corrected chi connectivity index (χ0v) is 9.20. The third kappa shape index (κ3) is 3.52. The summed E-state index contributed by atoms with van der Waals surface area (Å²) in [7, 11) is 0. The van der Waals surface area contributed by atoms with Gasteiger partial charge in [-0.1, -0.05) is 0 Å². The molecule has 0 aromatic carbocycles. The normalized spacial score (nSPS) is 10.7. The van der Waals surface area contributed by atoms with E-state index in [9.17, 15) is 40.5 Å². The molecule has 0 saturated carbocycles. The lowest BCUT2D eigenvalue weighted by molar-refractivity contribution is -0.824. The van der Waals surface area contributed by atoms with Gasteiger partial charge < -0.3 is 0 Å². The number of rotatable bonds is 8. The average Bonchev–Trinajstić information content (AvgIpc) is 2.27. The van der Waals surface area contributed by atoms with Crippen molar-refractivity contribution >= 4 is 0 Å². The van der Waals surface area contributed by atoms with Gasteiger partial charge in [-0.3, -0.25) is 40.5 Å². The Labute approximate surface area is 104 Å². The van der Waals surface area contributed by atoms with Gasteiger partial charge in [-0.2, -0.15) is 5.26 Å². The maximum atomic E-state index is 10.8. The van der Waals surface area contributed by atoms with Crippen LogP contribution in [0.15, 0.2) is 0 Å². The van der Waals surface area contributed by atoms with E-state index < -0.39 is 50.8 Å². The van der Waals surface area contributed by atoms with Crippen molar-refractivity contribution in [3.05, 3.63) is 40.5 Å². The lowest BCUT2D eigenvalue weighted by atomic mass is 10.00. The van der Waals surface area contributed by atoms with Crippen molar-refractivity contribution in [1.29, 1.82) is 5.26 Å². The van der Waals surface area contributed by atoms with Crippen molar-refractivity contribution in [3.8, 4) is 6.07 Å². The fourth-order valence-electron chi connectivity index (χ4n) is 1.27. The van der Waals surface area contributed by atoms with E-state index in [2.05, 4.69) is 0 Å². The van der Waals surface area contributed by atoms with Crippen molar-refractivity contribution in [2.75, 3.05) is 0 Å². The van der Waals surface area contributed by atoms with Crippen LogP contribution in [-0.4, -0.2) is 31.5 Å². The monoisotopic (exact) mass is 277 g/mol. The third-order valence-electron chi connectivity index (χ3n) is 2.31. The Kier molecular flexibility index (Phi) is 5.20. The van der Waals surface area contributed by atoms with Gasteiger partial charge in [-0.25, -0.2) is 0 Å². The van der Waals surface area contributed by atoms with Crippen molar-refractivity contribution in [3.63, 3.8) is 0 Å². The smallest absolute Gasteiger partial charge is 0.259 e. The molecular formula is C6H7N5O8. The summed E-state index contributed by atoms with van der Waals surface area (Å²) in [5, 5.41) is 50.6. The van der Waals surface area contributed by atoms with Gasteiger partial charge >= 0.3 is 11.8 Å². The first-order valence-corrected chi connectivity index (χ1v) is 4.62. The molecule has 0 unspecified atom stereocenters. The summed E-state index contributed by atoms with van der Waals surface area (Å²) < 4.78 is 0. The maximum absolute atomic E-state index is 10.8. The molecule has 0 fully saturated rings. The van der Waals surface area contributed by atoms with Gasteiger partial charge in [0.1, 0.15) is 6.42 Å². The molecule has 0 radical (unpaired) electrons. The van der Waals surface area contributed by atoms with Crippen LogP contribution in [0.3, 0.4) is 0 Å². The van der Waals surface area contributed by atoms with E-state index in [0.29, 0.717) is 0 Å². The van der Waals surface area contributed by atoms with E-state index in [-0.39, 0.29) is 0 Å². The molecule has 0 spiro atoms. The zero-order chi connectivity index (χ0) is 15.2. The highest BCUT2D eigenvalue weighted by Crippen LogP contribution is 2.25. The Bertz CT molecular complexity index is 427. The Morgan fingerprint density at radius 1 is 1.00 bits per heavy atom. The lowest BCUT2D eigenvalue weighted by Gasteiger charge is -2.15. The van der Waals surface area contributed by atoms with Crippen molar-refractivity contribution < 1.29 is 19.7 Å². The second-order valence-corrected chi connectivity index (χ2v) is 3.41. The van der Waals surface area contributed by atoms with Crippen LogP contribution in [0.4, 0.5) is 0 Å². The van der Waals surface area contributed by atoms with E-state index >= 15 is 0 Å². The molecule has 0 heterocycles. The number of hydrogen-bond acceptors (Lipinski definition) is 9. The van der Waals surface area contributed by atoms with E-state index in [1.54, 1.807) is 0 Å². The maximum Gasteiger partial charge on any atom is 0.473 e. The van der Waals surface area contributed by atoms with Crippen molar-refractivity contribution in [2.24, 2.45) is 0 Å². The Balaban J connectivity index is 5.52. The summed E-state index contributed by atoms with van der Waals surface area (Å²) in [6.45, 7) is 0. The Hall–Kier alpha value is -2.91. The molecule has 0 rings (SSSR count). The standard InChI is InChI=1S/C6H7N5O8/c7-3-1-2-6(10(16)17,11(18)19)4-5(8(12)13)9(14)15/h5H,1-2,4H2. The summed E-state index contributed by atoms with van der Waals surface area (Å²) >= 11 is 0. The highest BCUT2D eigenvalue weighted by atomic mass is 16.7. The minimum absolute atomic E-state index is 0.635. The van der Waals surface area contributed by atoms with Crippen LogP contribution < -0.4 is 0 Å². The number of nitrogens with zero attached hydrogens (tertiary/aromatic N) is 5. The lowest BCUT2D eigenvalue weighted by Crippen LogP contribution is -2.51. The van der Waals surface area contributed by atoms with Crippen molar-refractivity contribution in [2.45, 2.75) is 31.1 Å². The summed E-state index contributed by atoms with van der Waals surface area (Å²) in [5.41, 5.74) is -3.12. The highest BCUT2D eigenvalue weighted by Gasteiger charge is 2.63. The fraction of sp³-hybridized carbons (Fsp3) is 0.833. The minimum Gasteiger partial charge on any atom is -0.259 e. The number of nitro groups is 4. The molecule has 0 amide bonds.